The summed E-state index contributed by atoms with van der Waals surface area (Å²) in [5.41, 5.74) is 3.19. The molecular formula is C50H57FO5Si. The number of ether oxygens (including phenoxy) is 5. The number of hydrogen-bond acceptors (Lipinski definition) is 5. The van der Waals surface area contributed by atoms with Crippen LogP contribution >= 0.6 is 0 Å². The Bertz CT molecular complexity index is 2240. The number of hydrogen-bond donors (Lipinski definition) is 0. The van der Waals surface area contributed by atoms with Crippen molar-refractivity contribution >= 4 is 13.3 Å². The van der Waals surface area contributed by atoms with Crippen molar-refractivity contribution < 1.29 is 33.8 Å². The Labute approximate surface area is 344 Å². The normalized spacial score (nSPS) is 10.9. The third-order valence-corrected chi connectivity index (χ3v) is 13.0. The van der Waals surface area contributed by atoms with Crippen LogP contribution in [0.5, 0.6) is 34.5 Å². The molecule has 298 valence electrons. The summed E-state index contributed by atoms with van der Waals surface area (Å²) in [6, 6.07) is 49.1. The van der Waals surface area contributed by atoms with Crippen LogP contribution < -0.4 is 24.1 Å². The number of para-hydroxylation sites is 2. The lowest BCUT2D eigenvalue weighted by Gasteiger charge is -2.25. The van der Waals surface area contributed by atoms with Crippen LogP contribution in [0.2, 0.25) is 19.1 Å². The van der Waals surface area contributed by atoms with Gasteiger partial charge < -0.3 is 23.7 Å². The molecule has 6 aromatic carbocycles. The number of benzene rings is 6. The Morgan fingerprint density at radius 2 is 1.19 bits per heavy atom. The number of halogens is 1. The van der Waals surface area contributed by atoms with E-state index in [0.717, 1.165) is 47.1 Å². The van der Waals surface area contributed by atoms with Crippen molar-refractivity contribution in [3.63, 3.8) is 0 Å². The standard InChI is InChI=1S/C25H25FO2Si.C25H24O3.4H2/c1-4-27-21-13-15-23(16-14-21)29(2,3)18-8-9-20-12-17-24(26)25(19-20)28-22-10-6-5-7-11-22;1-4-27-22-15-13-21(14-16-22)25(2,3)19-26-18-20-9-8-12-24(17-20)28-23-10-6-5-7-11-23;;;;/h1,5-7,10-17,19H,8-9,18H2,2-3H3;1,5-17H,18-19H2,2-3H3;4*1H. The molecule has 0 aliphatic carbocycles. The second-order valence-corrected chi connectivity index (χ2v) is 19.7. The Kier molecular flexibility index (Phi) is 15.1. The number of terminal acetylenes is 2. The quantitative estimate of drug-likeness (QED) is 0.0722. The molecule has 0 radical (unpaired) electrons. The van der Waals surface area contributed by atoms with E-state index < -0.39 is 8.07 Å². The van der Waals surface area contributed by atoms with Gasteiger partial charge in [0, 0.05) is 11.1 Å². The van der Waals surface area contributed by atoms with Gasteiger partial charge in [-0.3, -0.25) is 0 Å². The summed E-state index contributed by atoms with van der Waals surface area (Å²) in [5.74, 6) is 3.54. The Morgan fingerprint density at radius 1 is 0.614 bits per heavy atom. The first-order valence-corrected chi connectivity index (χ1v) is 22.1. The summed E-state index contributed by atoms with van der Waals surface area (Å²) in [5, 5.41) is 1.37. The third kappa shape index (κ3) is 13.2. The summed E-state index contributed by atoms with van der Waals surface area (Å²) < 4.78 is 41.9. The largest absolute Gasteiger partial charge is 0.457 e. The van der Waals surface area contributed by atoms with Crippen LogP contribution in [0.3, 0.4) is 0 Å². The predicted octanol–water partition coefficient (Wildman–Crippen LogP) is 13.1. The molecule has 0 aliphatic heterocycles. The lowest BCUT2D eigenvalue weighted by atomic mass is 9.85. The molecule has 7 heteroatoms. The Morgan fingerprint density at radius 3 is 1.81 bits per heavy atom. The fourth-order valence-electron chi connectivity index (χ4n) is 6.19. The monoisotopic (exact) mass is 784 g/mol. The SMILES string of the molecule is C#COc1ccc(C(C)(C)COCc2cccc(Oc3ccccc3)c2)cc1.C#COc1ccc([Si](C)(C)CCCc2ccc(F)c(Oc3ccccc3)c2)cc1.[HH].[HH].[HH].[HH]. The van der Waals surface area contributed by atoms with Crippen LogP contribution in [0.1, 0.15) is 42.7 Å². The maximum Gasteiger partial charge on any atom is 0.165 e. The minimum absolute atomic E-state index is 0. The van der Waals surface area contributed by atoms with Crippen LogP contribution in [0.15, 0.2) is 152 Å². The first-order valence-electron chi connectivity index (χ1n) is 18.9. The summed E-state index contributed by atoms with van der Waals surface area (Å²) in [6.07, 6.45) is 16.6. The van der Waals surface area contributed by atoms with E-state index in [1.54, 1.807) is 0 Å². The van der Waals surface area contributed by atoms with E-state index in [0.29, 0.717) is 30.5 Å². The van der Waals surface area contributed by atoms with Gasteiger partial charge in [-0.2, -0.15) is 0 Å². The lowest BCUT2D eigenvalue weighted by Crippen LogP contribution is -2.40. The second kappa shape index (κ2) is 20.6. The second-order valence-electron chi connectivity index (χ2n) is 14.8. The van der Waals surface area contributed by atoms with E-state index in [9.17, 15) is 4.39 Å². The van der Waals surface area contributed by atoms with E-state index in [4.69, 9.17) is 36.5 Å². The molecule has 0 atom stereocenters. The maximum absolute atomic E-state index is 14.1. The van der Waals surface area contributed by atoms with Gasteiger partial charge in [0.2, 0.25) is 0 Å². The fourth-order valence-corrected chi connectivity index (χ4v) is 8.61. The van der Waals surface area contributed by atoms with Gasteiger partial charge in [0.1, 0.15) is 41.0 Å². The molecule has 0 unspecified atom stereocenters. The molecule has 0 fully saturated rings. The fraction of sp³-hybridized carbons (Fsp3) is 0.200. The van der Waals surface area contributed by atoms with Gasteiger partial charge in [0.15, 0.2) is 11.6 Å². The van der Waals surface area contributed by atoms with Crippen LogP contribution in [0.25, 0.3) is 0 Å². The Hall–Kier alpha value is -6.25. The van der Waals surface area contributed by atoms with E-state index in [1.165, 1.54) is 11.3 Å². The minimum Gasteiger partial charge on any atom is -0.457 e. The molecule has 57 heavy (non-hydrogen) atoms. The van der Waals surface area contributed by atoms with E-state index in [-0.39, 0.29) is 22.7 Å². The molecule has 0 aromatic heterocycles. The summed E-state index contributed by atoms with van der Waals surface area (Å²) in [7, 11) is -1.58. The van der Waals surface area contributed by atoms with Gasteiger partial charge in [-0.05, 0) is 95.9 Å². The maximum atomic E-state index is 14.1. The smallest absolute Gasteiger partial charge is 0.165 e. The van der Waals surface area contributed by atoms with Gasteiger partial charge in [-0.1, -0.05) is 136 Å². The first kappa shape index (κ1) is 41.9. The minimum atomic E-state index is -1.58. The molecule has 0 spiro atoms. The zero-order valence-electron chi connectivity index (χ0n) is 33.0. The van der Waals surface area contributed by atoms with E-state index >= 15 is 0 Å². The molecule has 0 aliphatic rings. The highest BCUT2D eigenvalue weighted by atomic mass is 28.3. The highest BCUT2D eigenvalue weighted by Crippen LogP contribution is 2.29. The van der Waals surface area contributed by atoms with Gasteiger partial charge in [0.25, 0.3) is 0 Å². The molecule has 0 N–H and O–H groups in total. The zero-order chi connectivity index (χ0) is 40.5. The number of rotatable bonds is 16. The van der Waals surface area contributed by atoms with Crippen molar-refractivity contribution in [3.8, 4) is 59.6 Å². The lowest BCUT2D eigenvalue weighted by molar-refractivity contribution is 0.0824. The van der Waals surface area contributed by atoms with Crippen molar-refractivity contribution in [1.29, 1.82) is 0 Å². The number of aryl methyl sites for hydroxylation is 1. The Balaban J connectivity index is 0.000000573. The van der Waals surface area contributed by atoms with Crippen molar-refractivity contribution in [3.05, 3.63) is 174 Å². The van der Waals surface area contributed by atoms with Gasteiger partial charge >= 0.3 is 0 Å². The topological polar surface area (TPSA) is 46.2 Å². The summed E-state index contributed by atoms with van der Waals surface area (Å²) >= 11 is 0. The molecule has 0 saturated heterocycles. The van der Waals surface area contributed by atoms with Crippen LogP contribution in [0.4, 0.5) is 4.39 Å². The molecular weight excluding hydrogens is 728 g/mol. The van der Waals surface area contributed by atoms with Crippen molar-refractivity contribution in [2.24, 2.45) is 0 Å². The van der Waals surface area contributed by atoms with Crippen LogP contribution in [-0.2, 0) is 23.2 Å². The first-order chi connectivity index (χ1) is 27.5. The van der Waals surface area contributed by atoms with Gasteiger partial charge in [0.05, 0.1) is 21.3 Å². The molecule has 0 bridgehead atoms. The van der Waals surface area contributed by atoms with Crippen molar-refractivity contribution in [2.75, 3.05) is 6.61 Å². The predicted molar refractivity (Wildman–Crippen MR) is 239 cm³/mol. The molecule has 5 nitrogen and oxygen atoms in total. The van der Waals surface area contributed by atoms with E-state index in [2.05, 4.69) is 51.3 Å². The average Bonchev–Trinajstić information content (AvgIpc) is 3.21. The average molecular weight is 785 g/mol. The molecule has 0 amide bonds. The molecule has 0 heterocycles. The van der Waals surface area contributed by atoms with Crippen molar-refractivity contribution in [1.82, 2.24) is 0 Å². The van der Waals surface area contributed by atoms with Gasteiger partial charge in [-0.25, -0.2) is 4.39 Å². The zero-order valence-corrected chi connectivity index (χ0v) is 34.0. The van der Waals surface area contributed by atoms with Crippen LogP contribution in [0, 0.1) is 30.9 Å². The highest BCUT2D eigenvalue weighted by molar-refractivity contribution is 6.89. The summed E-state index contributed by atoms with van der Waals surface area (Å²) in [4.78, 5) is 0. The molecule has 0 saturated carbocycles. The molecule has 6 aromatic rings. The van der Waals surface area contributed by atoms with Crippen LogP contribution in [-0.4, -0.2) is 14.7 Å². The highest BCUT2D eigenvalue weighted by Gasteiger charge is 2.23. The molecule has 6 rings (SSSR count). The van der Waals surface area contributed by atoms with E-state index in [1.807, 2.05) is 133 Å². The summed E-state index contributed by atoms with van der Waals surface area (Å²) in [6.45, 7) is 10.1. The van der Waals surface area contributed by atoms with Crippen molar-refractivity contribution in [2.45, 2.75) is 57.8 Å². The van der Waals surface area contributed by atoms with Gasteiger partial charge in [-0.15, -0.1) is 0 Å². The third-order valence-electron chi connectivity index (χ3n) is 9.47.